The number of pyridine rings is 2. The van der Waals surface area contributed by atoms with Gasteiger partial charge in [-0.1, -0.05) is 18.2 Å². The van der Waals surface area contributed by atoms with Gasteiger partial charge in [0.2, 0.25) is 0 Å². The number of halogens is 1. The van der Waals surface area contributed by atoms with Crippen molar-refractivity contribution in [1.82, 2.24) is 15.3 Å². The van der Waals surface area contributed by atoms with E-state index in [9.17, 15) is 14.0 Å². The highest BCUT2D eigenvalue weighted by atomic mass is 19.1. The van der Waals surface area contributed by atoms with Crippen LogP contribution in [0.3, 0.4) is 0 Å². The summed E-state index contributed by atoms with van der Waals surface area (Å²) in [6.45, 7) is 0. The molecule has 0 aliphatic heterocycles. The first-order valence-corrected chi connectivity index (χ1v) is 10.0. The molecule has 0 unspecified atom stereocenters. The van der Waals surface area contributed by atoms with Gasteiger partial charge in [0, 0.05) is 36.8 Å². The Hall–Kier alpha value is -4.59. The summed E-state index contributed by atoms with van der Waals surface area (Å²) in [5, 5.41) is 5.29. The second kappa shape index (κ2) is 9.69. The van der Waals surface area contributed by atoms with Crippen LogP contribution < -0.4 is 15.4 Å². The van der Waals surface area contributed by atoms with Gasteiger partial charge >= 0.3 is 0 Å². The molecular weight excluding hydrogens is 423 g/mol. The van der Waals surface area contributed by atoms with Crippen LogP contribution in [-0.2, 0) is 0 Å². The monoisotopic (exact) mass is 442 g/mol. The Morgan fingerprint density at radius 3 is 2.18 bits per heavy atom. The number of anilines is 1. The van der Waals surface area contributed by atoms with Crippen molar-refractivity contribution in [2.75, 3.05) is 12.4 Å². The van der Waals surface area contributed by atoms with E-state index in [1.54, 1.807) is 60.8 Å². The van der Waals surface area contributed by atoms with Crippen LogP contribution in [0.2, 0.25) is 0 Å². The zero-order valence-electron chi connectivity index (χ0n) is 17.6. The Bertz CT molecular complexity index is 1270. The molecule has 33 heavy (non-hydrogen) atoms. The zero-order chi connectivity index (χ0) is 23.2. The molecule has 7 nitrogen and oxygen atoms in total. The molecule has 0 saturated heterocycles. The predicted molar refractivity (Wildman–Crippen MR) is 122 cm³/mol. The van der Waals surface area contributed by atoms with Crippen LogP contribution in [0, 0.1) is 5.82 Å². The summed E-state index contributed by atoms with van der Waals surface area (Å²) in [4.78, 5) is 32.4. The summed E-state index contributed by atoms with van der Waals surface area (Å²) in [6.07, 6.45) is 3.06. The van der Waals surface area contributed by atoms with Crippen LogP contribution >= 0.6 is 0 Å². The third kappa shape index (κ3) is 5.37. The summed E-state index contributed by atoms with van der Waals surface area (Å²) in [7, 11) is 1.53. The van der Waals surface area contributed by atoms with Crippen LogP contribution in [0.15, 0.2) is 85.2 Å². The van der Waals surface area contributed by atoms with Crippen LogP contribution in [0.4, 0.5) is 10.1 Å². The van der Waals surface area contributed by atoms with Crippen LogP contribution in [0.1, 0.15) is 21.0 Å². The van der Waals surface area contributed by atoms with Crippen LogP contribution in [0.25, 0.3) is 11.1 Å². The van der Waals surface area contributed by atoms with E-state index in [4.69, 9.17) is 4.74 Å². The van der Waals surface area contributed by atoms with Crippen molar-refractivity contribution in [2.45, 2.75) is 0 Å². The lowest BCUT2D eigenvalue weighted by atomic mass is 10.1. The van der Waals surface area contributed by atoms with Crippen molar-refractivity contribution < 1.29 is 18.7 Å². The summed E-state index contributed by atoms with van der Waals surface area (Å²) in [5.74, 6) is 0.0136. The smallest absolute Gasteiger partial charge is 0.274 e. The molecule has 0 saturated carbocycles. The van der Waals surface area contributed by atoms with E-state index in [2.05, 4.69) is 20.6 Å². The lowest BCUT2D eigenvalue weighted by Crippen LogP contribution is -2.18. The molecule has 2 aromatic carbocycles. The fraction of sp³-hybridized carbons (Fsp3) is 0.0400. The van der Waals surface area contributed by atoms with Gasteiger partial charge in [-0.15, -0.1) is 0 Å². The van der Waals surface area contributed by atoms with Crippen molar-refractivity contribution in [3.05, 3.63) is 102 Å². The van der Waals surface area contributed by atoms with Gasteiger partial charge in [0.15, 0.2) is 0 Å². The Balaban J connectivity index is 1.39. The van der Waals surface area contributed by atoms with E-state index in [0.29, 0.717) is 17.2 Å². The van der Waals surface area contributed by atoms with E-state index in [0.717, 1.165) is 11.1 Å². The van der Waals surface area contributed by atoms with Gasteiger partial charge in [-0.25, -0.2) is 4.39 Å². The molecule has 0 fully saturated rings. The number of rotatable bonds is 6. The van der Waals surface area contributed by atoms with E-state index < -0.39 is 0 Å². The quantitative estimate of drug-likeness (QED) is 0.452. The molecular formula is C25H19FN4O3. The predicted octanol–water partition coefficient (Wildman–Crippen LogP) is 4.69. The number of benzene rings is 2. The van der Waals surface area contributed by atoms with Crippen molar-refractivity contribution >= 4 is 17.5 Å². The highest BCUT2D eigenvalue weighted by Crippen LogP contribution is 2.24. The Morgan fingerprint density at radius 2 is 1.52 bits per heavy atom. The number of nitrogens with zero attached hydrogens (tertiary/aromatic N) is 2. The zero-order valence-corrected chi connectivity index (χ0v) is 17.6. The van der Waals surface area contributed by atoms with Gasteiger partial charge in [-0.3, -0.25) is 19.6 Å². The van der Waals surface area contributed by atoms with Gasteiger partial charge in [0.05, 0.1) is 0 Å². The van der Waals surface area contributed by atoms with Gasteiger partial charge in [0.1, 0.15) is 28.7 Å². The Kier molecular flexibility index (Phi) is 6.36. The first kappa shape index (κ1) is 21.6. The van der Waals surface area contributed by atoms with Gasteiger partial charge in [0.25, 0.3) is 11.8 Å². The third-order valence-electron chi connectivity index (χ3n) is 4.71. The fourth-order valence-corrected chi connectivity index (χ4v) is 3.01. The van der Waals surface area contributed by atoms with E-state index >= 15 is 0 Å². The highest BCUT2D eigenvalue weighted by Gasteiger charge is 2.10. The highest BCUT2D eigenvalue weighted by molar-refractivity contribution is 6.03. The normalized spacial score (nSPS) is 10.4. The number of amides is 2. The number of aromatic nitrogens is 2. The molecule has 0 aliphatic carbocycles. The lowest BCUT2D eigenvalue weighted by Gasteiger charge is -2.09. The molecule has 8 heteroatoms. The first-order chi connectivity index (χ1) is 16.0. The molecule has 0 radical (unpaired) electrons. The molecule has 2 amide bonds. The SMILES string of the molecule is CNC(=O)c1cc(Oc2ccc(NC(=O)c3ccc(-c4ccc(F)cc4)cn3)cc2)ccn1. The molecule has 164 valence electrons. The number of ether oxygens (including phenoxy) is 1. The second-order valence-corrected chi connectivity index (χ2v) is 6.98. The number of hydrogen-bond acceptors (Lipinski definition) is 5. The molecule has 0 atom stereocenters. The van der Waals surface area contributed by atoms with Crippen molar-refractivity contribution in [3.63, 3.8) is 0 Å². The molecule has 0 aliphatic rings. The maximum atomic E-state index is 13.1. The summed E-state index contributed by atoms with van der Waals surface area (Å²) < 4.78 is 18.8. The van der Waals surface area contributed by atoms with Crippen LogP contribution in [-0.4, -0.2) is 28.8 Å². The second-order valence-electron chi connectivity index (χ2n) is 6.98. The molecule has 0 bridgehead atoms. The third-order valence-corrected chi connectivity index (χ3v) is 4.71. The van der Waals surface area contributed by atoms with E-state index in [1.807, 2.05) is 0 Å². The molecule has 2 N–H and O–H groups in total. The van der Waals surface area contributed by atoms with Crippen molar-refractivity contribution in [3.8, 4) is 22.6 Å². The van der Waals surface area contributed by atoms with Gasteiger partial charge in [-0.2, -0.15) is 0 Å². The molecule has 4 rings (SSSR count). The summed E-state index contributed by atoms with van der Waals surface area (Å²) >= 11 is 0. The summed E-state index contributed by atoms with van der Waals surface area (Å²) in [6, 6.07) is 19.4. The van der Waals surface area contributed by atoms with Crippen LogP contribution in [0.5, 0.6) is 11.5 Å². The lowest BCUT2D eigenvalue weighted by molar-refractivity contribution is 0.0957. The molecule has 4 aromatic rings. The average molecular weight is 442 g/mol. The number of hydrogen-bond donors (Lipinski definition) is 2. The number of nitrogens with one attached hydrogen (secondary N) is 2. The van der Waals surface area contributed by atoms with E-state index in [1.165, 1.54) is 31.4 Å². The minimum atomic E-state index is -0.362. The molecule has 2 heterocycles. The van der Waals surface area contributed by atoms with Crippen molar-refractivity contribution in [1.29, 1.82) is 0 Å². The van der Waals surface area contributed by atoms with Gasteiger partial charge < -0.3 is 15.4 Å². The first-order valence-electron chi connectivity index (χ1n) is 10.0. The maximum absolute atomic E-state index is 13.1. The molecule has 2 aromatic heterocycles. The van der Waals surface area contributed by atoms with Gasteiger partial charge in [-0.05, 0) is 54.1 Å². The number of carbonyl (C=O) groups excluding carboxylic acids is 2. The molecule has 0 spiro atoms. The maximum Gasteiger partial charge on any atom is 0.274 e. The Labute approximate surface area is 189 Å². The van der Waals surface area contributed by atoms with Crippen molar-refractivity contribution in [2.24, 2.45) is 0 Å². The summed E-state index contributed by atoms with van der Waals surface area (Å²) in [5.41, 5.74) is 2.65. The largest absolute Gasteiger partial charge is 0.457 e. The fourth-order valence-electron chi connectivity index (χ4n) is 3.01. The minimum Gasteiger partial charge on any atom is -0.457 e. The topological polar surface area (TPSA) is 93.2 Å². The average Bonchev–Trinajstić information content (AvgIpc) is 2.85. The minimum absolute atomic E-state index is 0.247. The number of carbonyl (C=O) groups is 2. The van der Waals surface area contributed by atoms with E-state index in [-0.39, 0.29) is 29.0 Å². The standard InChI is InChI=1S/C25H19FN4O3/c1-27-24(31)23-14-21(12-13-28-23)33-20-9-7-19(8-10-20)30-25(32)22-11-4-17(15-29-22)16-2-5-18(26)6-3-16/h2-15H,1H3,(H,27,31)(H,30,32). The Morgan fingerprint density at radius 1 is 0.788 bits per heavy atom.